The van der Waals surface area contributed by atoms with Crippen LogP contribution in [-0.2, 0) is 6.42 Å². The Balaban J connectivity index is 1.91. The van der Waals surface area contributed by atoms with Gasteiger partial charge >= 0.3 is 6.03 Å². The van der Waals surface area contributed by atoms with Gasteiger partial charge in [0.2, 0.25) is 0 Å². The van der Waals surface area contributed by atoms with Gasteiger partial charge in [-0.1, -0.05) is 31.5 Å². The summed E-state index contributed by atoms with van der Waals surface area (Å²) in [5, 5.41) is 3.42. The second-order valence-corrected chi connectivity index (χ2v) is 10.1. The van der Waals surface area contributed by atoms with E-state index in [0.29, 0.717) is 49.0 Å². The van der Waals surface area contributed by atoms with Gasteiger partial charge in [0.1, 0.15) is 17.5 Å². The number of aryl methyl sites for hydroxylation is 1. The van der Waals surface area contributed by atoms with E-state index >= 15 is 0 Å². The fourth-order valence-electron chi connectivity index (χ4n) is 3.91. The molecular weight excluding hydrogens is 429 g/mol. The molecule has 1 aliphatic rings. The number of benzene rings is 1. The molecule has 1 fully saturated rings. The van der Waals surface area contributed by atoms with Crippen molar-refractivity contribution in [3.8, 4) is 0 Å². The summed E-state index contributed by atoms with van der Waals surface area (Å²) in [6.07, 6.45) is 0.319. The molecule has 0 spiro atoms. The summed E-state index contributed by atoms with van der Waals surface area (Å²) in [5.41, 5.74) is 1.97. The highest BCUT2D eigenvalue weighted by Crippen LogP contribution is 2.32. The molecule has 2 aromatic rings. The first-order valence-electron chi connectivity index (χ1n) is 11.1. The molecule has 32 heavy (non-hydrogen) atoms. The van der Waals surface area contributed by atoms with Crippen molar-refractivity contribution in [2.45, 2.75) is 59.4 Å². The Hall–Kier alpha value is -2.41. The number of carbonyl (C=O) groups excluding carboxylic acids is 1. The number of carbonyl (C=O) groups is 1. The van der Waals surface area contributed by atoms with Crippen LogP contribution in [0.2, 0.25) is 5.02 Å². The third-order valence-corrected chi connectivity index (χ3v) is 5.79. The van der Waals surface area contributed by atoms with E-state index in [9.17, 15) is 9.18 Å². The molecule has 1 N–H and O–H groups in total. The summed E-state index contributed by atoms with van der Waals surface area (Å²) in [7, 11) is 0. The fourth-order valence-corrected chi connectivity index (χ4v) is 4.14. The zero-order valence-corrected chi connectivity index (χ0v) is 20.6. The molecule has 0 radical (unpaired) electrons. The number of piperazine rings is 1. The number of rotatable bonds is 4. The summed E-state index contributed by atoms with van der Waals surface area (Å²) < 4.78 is 14.6. The number of urea groups is 1. The molecule has 0 aliphatic carbocycles. The molecule has 1 aromatic carbocycles. The zero-order chi connectivity index (χ0) is 23.6. The maximum absolute atomic E-state index is 14.6. The Morgan fingerprint density at radius 1 is 1.16 bits per heavy atom. The Kier molecular flexibility index (Phi) is 7.28. The predicted octanol–water partition coefficient (Wildman–Crippen LogP) is 4.92. The highest BCUT2D eigenvalue weighted by molar-refractivity contribution is 6.31. The fraction of sp³-hybridized carbons (Fsp3) is 0.542. The average molecular weight is 462 g/mol. The number of hydrogen-bond donors (Lipinski definition) is 1. The third kappa shape index (κ3) is 5.68. The SMILES string of the molecule is Cc1nc(C(C)C)c(Cc2c(F)cccc2Cl)c(N2CCN(C(=O)NC(C)(C)C)CC2)n1. The van der Waals surface area contributed by atoms with Crippen LogP contribution in [0.5, 0.6) is 0 Å². The zero-order valence-electron chi connectivity index (χ0n) is 19.8. The van der Waals surface area contributed by atoms with Crippen molar-refractivity contribution in [1.29, 1.82) is 0 Å². The molecule has 8 heteroatoms. The number of nitrogens with zero attached hydrogens (tertiary/aromatic N) is 4. The number of amides is 2. The third-order valence-electron chi connectivity index (χ3n) is 5.44. The molecule has 0 bridgehead atoms. The second kappa shape index (κ2) is 9.61. The van der Waals surface area contributed by atoms with Crippen molar-refractivity contribution in [1.82, 2.24) is 20.2 Å². The molecule has 174 valence electrons. The van der Waals surface area contributed by atoms with Crippen molar-refractivity contribution in [3.63, 3.8) is 0 Å². The van der Waals surface area contributed by atoms with Crippen molar-refractivity contribution >= 4 is 23.4 Å². The van der Waals surface area contributed by atoms with Crippen molar-refractivity contribution in [2.24, 2.45) is 0 Å². The van der Waals surface area contributed by atoms with Crippen LogP contribution in [0.15, 0.2) is 18.2 Å². The lowest BCUT2D eigenvalue weighted by atomic mass is 9.97. The maximum atomic E-state index is 14.6. The second-order valence-electron chi connectivity index (χ2n) is 9.64. The minimum Gasteiger partial charge on any atom is -0.353 e. The molecule has 2 heterocycles. The van der Waals surface area contributed by atoms with Gasteiger partial charge in [-0.25, -0.2) is 19.2 Å². The van der Waals surface area contributed by atoms with Crippen LogP contribution < -0.4 is 10.2 Å². The molecule has 1 aromatic heterocycles. The van der Waals surface area contributed by atoms with Gasteiger partial charge < -0.3 is 15.1 Å². The Bertz CT molecular complexity index is 961. The van der Waals surface area contributed by atoms with Crippen LogP contribution in [0.25, 0.3) is 0 Å². The van der Waals surface area contributed by atoms with Gasteiger partial charge in [-0.05, 0) is 45.7 Å². The number of nitrogens with one attached hydrogen (secondary N) is 1. The summed E-state index contributed by atoms with van der Waals surface area (Å²) in [6, 6.07) is 4.68. The lowest BCUT2D eigenvalue weighted by Gasteiger charge is -2.38. The molecule has 0 saturated carbocycles. The van der Waals surface area contributed by atoms with Gasteiger partial charge in [-0.2, -0.15) is 0 Å². The predicted molar refractivity (Wildman–Crippen MR) is 127 cm³/mol. The van der Waals surface area contributed by atoms with E-state index in [4.69, 9.17) is 16.6 Å². The Labute approximate surface area is 195 Å². The molecule has 1 aliphatic heterocycles. The van der Waals surface area contributed by atoms with Crippen LogP contribution in [0.1, 0.15) is 63.2 Å². The summed E-state index contributed by atoms with van der Waals surface area (Å²) in [5.74, 6) is 1.30. The van der Waals surface area contributed by atoms with Crippen molar-refractivity contribution < 1.29 is 9.18 Å². The Morgan fingerprint density at radius 2 is 1.81 bits per heavy atom. The first-order valence-corrected chi connectivity index (χ1v) is 11.5. The maximum Gasteiger partial charge on any atom is 0.317 e. The highest BCUT2D eigenvalue weighted by atomic mass is 35.5. The van der Waals surface area contributed by atoms with Crippen molar-refractivity contribution in [2.75, 3.05) is 31.1 Å². The van der Waals surface area contributed by atoms with E-state index in [1.807, 2.05) is 32.6 Å². The van der Waals surface area contributed by atoms with E-state index in [0.717, 1.165) is 17.1 Å². The first-order chi connectivity index (χ1) is 15.0. The van der Waals surface area contributed by atoms with Crippen LogP contribution in [0.4, 0.5) is 15.0 Å². The molecular formula is C24H33ClFN5O. The van der Waals surface area contributed by atoms with E-state index in [-0.39, 0.29) is 23.3 Å². The molecule has 1 saturated heterocycles. The van der Waals surface area contributed by atoms with Crippen LogP contribution >= 0.6 is 11.6 Å². The van der Waals surface area contributed by atoms with Gasteiger partial charge in [0.05, 0.1) is 5.69 Å². The summed E-state index contributed by atoms with van der Waals surface area (Å²) in [4.78, 5) is 26.0. The number of anilines is 1. The highest BCUT2D eigenvalue weighted by Gasteiger charge is 2.28. The van der Waals surface area contributed by atoms with E-state index in [2.05, 4.69) is 29.0 Å². The monoisotopic (exact) mass is 461 g/mol. The number of aromatic nitrogens is 2. The van der Waals surface area contributed by atoms with Gasteiger partial charge in [0, 0.05) is 54.3 Å². The topological polar surface area (TPSA) is 61.4 Å². The van der Waals surface area contributed by atoms with Gasteiger partial charge in [0.15, 0.2) is 0 Å². The van der Waals surface area contributed by atoms with Crippen molar-refractivity contribution in [3.05, 3.63) is 51.7 Å². The van der Waals surface area contributed by atoms with Crippen LogP contribution in [0.3, 0.4) is 0 Å². The number of hydrogen-bond acceptors (Lipinski definition) is 4. The summed E-state index contributed by atoms with van der Waals surface area (Å²) in [6.45, 7) is 14.4. The van der Waals surface area contributed by atoms with Crippen LogP contribution in [-0.4, -0.2) is 52.6 Å². The molecule has 6 nitrogen and oxygen atoms in total. The van der Waals surface area contributed by atoms with Gasteiger partial charge in [0.25, 0.3) is 0 Å². The molecule has 0 atom stereocenters. The lowest BCUT2D eigenvalue weighted by Crippen LogP contribution is -2.55. The van der Waals surface area contributed by atoms with E-state index in [1.54, 1.807) is 12.1 Å². The average Bonchev–Trinajstić information content (AvgIpc) is 2.70. The standard InChI is InChI=1S/C24H33ClFN5O/c1-15(2)21-18(14-17-19(25)8-7-9-20(17)26)22(28-16(3)27-21)30-10-12-31(13-11-30)23(32)29-24(4,5)6/h7-9,15H,10-14H2,1-6H3,(H,29,32). The first kappa shape index (κ1) is 24.2. The minimum absolute atomic E-state index is 0.0581. The smallest absolute Gasteiger partial charge is 0.317 e. The minimum atomic E-state index is -0.331. The number of halogens is 2. The van der Waals surface area contributed by atoms with E-state index < -0.39 is 0 Å². The molecule has 2 amide bonds. The van der Waals surface area contributed by atoms with Crippen LogP contribution in [0, 0.1) is 12.7 Å². The molecule has 3 rings (SSSR count). The van der Waals surface area contributed by atoms with Gasteiger partial charge in [-0.3, -0.25) is 0 Å². The normalized spacial score (nSPS) is 14.8. The molecule has 0 unspecified atom stereocenters. The summed E-state index contributed by atoms with van der Waals surface area (Å²) >= 11 is 6.34. The van der Waals surface area contributed by atoms with E-state index in [1.165, 1.54) is 6.07 Å². The largest absolute Gasteiger partial charge is 0.353 e. The van der Waals surface area contributed by atoms with Gasteiger partial charge in [-0.15, -0.1) is 0 Å². The lowest BCUT2D eigenvalue weighted by molar-refractivity contribution is 0.185. The quantitative estimate of drug-likeness (QED) is 0.701. The Morgan fingerprint density at radius 3 is 2.38 bits per heavy atom.